The second kappa shape index (κ2) is 4.66. The molecule has 7 N–H and O–H groups in total. The van der Waals surface area contributed by atoms with Gasteiger partial charge in [0.05, 0.1) is 0 Å². The van der Waals surface area contributed by atoms with E-state index in [0.29, 0.717) is 0 Å². The number of phenolic OH excluding ortho intramolecular Hbond substituents is 3. The van der Waals surface area contributed by atoms with Crippen LogP contribution in [0.3, 0.4) is 0 Å². The molecule has 94 valence electrons. The molecule has 0 amide bonds. The fraction of sp³-hybridized carbons (Fsp3) is 0.222. The van der Waals surface area contributed by atoms with Gasteiger partial charge in [0.15, 0.2) is 17.1 Å². The molecule has 0 fully saturated rings. The molecule has 0 aliphatic carbocycles. The number of hydrogen-bond acceptors (Lipinski definition) is 7. The minimum Gasteiger partial charge on any atom is -0.503 e. The van der Waals surface area contributed by atoms with Crippen molar-refractivity contribution in [1.82, 2.24) is 0 Å². The van der Waals surface area contributed by atoms with Gasteiger partial charge in [-0.3, -0.25) is 0 Å². The number of phenols is 4. The summed E-state index contributed by atoms with van der Waals surface area (Å²) < 4.78 is 4.81. The largest absolute Gasteiger partial charge is 0.503 e. The predicted octanol–water partition coefficient (Wildman–Crippen LogP) is -0.455. The van der Waals surface area contributed by atoms with Crippen molar-refractivity contribution >= 4 is 5.97 Å². The molecular formula is C9H11NO7. The van der Waals surface area contributed by atoms with Gasteiger partial charge in [-0.1, -0.05) is 0 Å². The van der Waals surface area contributed by atoms with E-state index < -0.39 is 40.3 Å². The van der Waals surface area contributed by atoms with Crippen molar-refractivity contribution in [2.24, 2.45) is 5.73 Å². The molecular weight excluding hydrogens is 234 g/mol. The molecule has 0 unspecified atom stereocenters. The van der Waals surface area contributed by atoms with E-state index in [1.807, 2.05) is 0 Å². The van der Waals surface area contributed by atoms with Crippen LogP contribution < -0.4 is 10.5 Å². The summed E-state index contributed by atoms with van der Waals surface area (Å²) in [5.74, 6) is -6.58. The molecule has 17 heavy (non-hydrogen) atoms. The highest BCUT2D eigenvalue weighted by Crippen LogP contribution is 2.51. The molecule has 0 saturated carbocycles. The Kier molecular flexibility index (Phi) is 3.49. The lowest BCUT2D eigenvalue weighted by Crippen LogP contribution is -2.13. The molecule has 0 bridgehead atoms. The second-order valence-corrected chi connectivity index (χ2v) is 3.04. The first kappa shape index (κ1) is 12.7. The minimum absolute atomic E-state index is 0.0287. The lowest BCUT2D eigenvalue weighted by Gasteiger charge is -2.13. The summed E-state index contributed by atoms with van der Waals surface area (Å²) in [6, 6.07) is 0. The summed E-state index contributed by atoms with van der Waals surface area (Å²) in [5.41, 5.74) is 4.27. The molecule has 0 aliphatic rings. The Morgan fingerprint density at radius 2 is 1.59 bits per heavy atom. The zero-order chi connectivity index (χ0) is 13.2. The normalized spacial score (nSPS) is 10.2. The molecule has 0 heterocycles. The van der Waals surface area contributed by atoms with Crippen molar-refractivity contribution in [1.29, 1.82) is 0 Å². The van der Waals surface area contributed by atoms with Gasteiger partial charge in [0.25, 0.3) is 0 Å². The quantitative estimate of drug-likeness (QED) is 0.308. The smallest absolute Gasteiger partial charge is 0.343 e. The fourth-order valence-corrected chi connectivity index (χ4v) is 1.18. The van der Waals surface area contributed by atoms with Crippen molar-refractivity contribution < 1.29 is 35.1 Å². The maximum Gasteiger partial charge on any atom is 0.343 e. The summed E-state index contributed by atoms with van der Waals surface area (Å²) in [6.45, 7) is -0.113. The summed E-state index contributed by atoms with van der Waals surface area (Å²) in [6.07, 6.45) is 0. The summed E-state index contributed by atoms with van der Waals surface area (Å²) >= 11 is 0. The van der Waals surface area contributed by atoms with E-state index in [1.54, 1.807) is 0 Å². The lowest BCUT2D eigenvalue weighted by molar-refractivity contribution is 0.0687. The first-order chi connectivity index (χ1) is 7.91. The Labute approximate surface area is 95.1 Å². The highest BCUT2D eigenvalue weighted by Gasteiger charge is 2.28. The van der Waals surface area contributed by atoms with E-state index >= 15 is 0 Å². The van der Waals surface area contributed by atoms with Gasteiger partial charge in [-0.05, 0) is 0 Å². The Morgan fingerprint density at radius 3 is 2.06 bits per heavy atom. The average molecular weight is 245 g/mol. The number of hydrogen-bond donors (Lipinski definition) is 6. The Bertz CT molecular complexity index is 457. The number of benzene rings is 1. The van der Waals surface area contributed by atoms with Gasteiger partial charge in [-0.2, -0.15) is 0 Å². The van der Waals surface area contributed by atoms with Crippen LogP contribution in [0.25, 0.3) is 0 Å². The van der Waals surface area contributed by atoms with Gasteiger partial charge in [-0.25, -0.2) is 4.79 Å². The van der Waals surface area contributed by atoms with Crippen LogP contribution in [-0.4, -0.2) is 44.7 Å². The van der Waals surface area contributed by atoms with Crippen LogP contribution in [0.2, 0.25) is 0 Å². The highest BCUT2D eigenvalue weighted by atomic mass is 16.5. The maximum absolute atomic E-state index is 10.8. The van der Waals surface area contributed by atoms with Gasteiger partial charge in [0.2, 0.25) is 17.2 Å². The van der Waals surface area contributed by atoms with Gasteiger partial charge in [-0.15, -0.1) is 0 Å². The molecule has 0 aliphatic heterocycles. The predicted molar refractivity (Wildman–Crippen MR) is 54.6 cm³/mol. The van der Waals surface area contributed by atoms with Crippen LogP contribution in [-0.2, 0) is 0 Å². The number of nitrogens with two attached hydrogens (primary N) is 1. The Morgan fingerprint density at radius 1 is 1.06 bits per heavy atom. The number of rotatable bonds is 4. The molecule has 1 aromatic carbocycles. The van der Waals surface area contributed by atoms with Gasteiger partial charge in [0, 0.05) is 6.54 Å². The van der Waals surface area contributed by atoms with Crippen LogP contribution in [0.1, 0.15) is 10.4 Å². The average Bonchev–Trinajstić information content (AvgIpc) is 2.28. The van der Waals surface area contributed by atoms with Crippen molar-refractivity contribution in [3.8, 4) is 28.7 Å². The Hall–Kier alpha value is -2.35. The molecule has 0 saturated heterocycles. The number of carboxylic acids is 1. The maximum atomic E-state index is 10.8. The number of ether oxygens (including phenoxy) is 1. The second-order valence-electron chi connectivity index (χ2n) is 3.04. The van der Waals surface area contributed by atoms with Crippen molar-refractivity contribution in [3.63, 3.8) is 0 Å². The molecule has 0 radical (unpaired) electrons. The van der Waals surface area contributed by atoms with E-state index in [0.717, 1.165) is 0 Å². The summed E-state index contributed by atoms with van der Waals surface area (Å²) in [5, 5.41) is 45.9. The number of aromatic hydroxyl groups is 4. The molecule has 0 aromatic heterocycles. The van der Waals surface area contributed by atoms with Crippen molar-refractivity contribution in [2.45, 2.75) is 0 Å². The SMILES string of the molecule is NCCOc1c(O)c(O)c(O)c(O)c1C(=O)O. The van der Waals surface area contributed by atoms with E-state index in [-0.39, 0.29) is 13.2 Å². The van der Waals surface area contributed by atoms with E-state index in [1.165, 1.54) is 0 Å². The Balaban J connectivity index is 3.48. The minimum atomic E-state index is -1.64. The van der Waals surface area contributed by atoms with Gasteiger partial charge >= 0.3 is 5.97 Å². The fourth-order valence-electron chi connectivity index (χ4n) is 1.18. The molecule has 8 heteroatoms. The molecule has 1 aromatic rings. The van der Waals surface area contributed by atoms with Crippen LogP contribution in [0.5, 0.6) is 28.7 Å². The molecule has 0 spiro atoms. The topological polar surface area (TPSA) is 153 Å². The van der Waals surface area contributed by atoms with Gasteiger partial charge < -0.3 is 36.0 Å². The molecule has 8 nitrogen and oxygen atoms in total. The van der Waals surface area contributed by atoms with E-state index in [9.17, 15) is 20.1 Å². The zero-order valence-electron chi connectivity index (χ0n) is 8.54. The van der Waals surface area contributed by atoms with Crippen molar-refractivity contribution in [3.05, 3.63) is 5.56 Å². The van der Waals surface area contributed by atoms with E-state index in [2.05, 4.69) is 0 Å². The summed E-state index contributed by atoms with van der Waals surface area (Å²) in [7, 11) is 0. The first-order valence-electron chi connectivity index (χ1n) is 4.47. The van der Waals surface area contributed by atoms with Crippen LogP contribution in [0.4, 0.5) is 0 Å². The number of carboxylic acid groups (broad SMARTS) is 1. The highest BCUT2D eigenvalue weighted by molar-refractivity contribution is 5.97. The van der Waals surface area contributed by atoms with Crippen LogP contribution >= 0.6 is 0 Å². The lowest BCUT2D eigenvalue weighted by atomic mass is 10.1. The van der Waals surface area contributed by atoms with Gasteiger partial charge in [0.1, 0.15) is 6.61 Å². The third-order valence-corrected chi connectivity index (χ3v) is 1.93. The summed E-state index contributed by atoms with van der Waals surface area (Å²) in [4.78, 5) is 10.8. The third kappa shape index (κ3) is 2.11. The van der Waals surface area contributed by atoms with Crippen LogP contribution in [0.15, 0.2) is 0 Å². The molecule has 1 rings (SSSR count). The number of carbonyl (C=O) groups is 1. The first-order valence-corrected chi connectivity index (χ1v) is 4.47. The monoisotopic (exact) mass is 245 g/mol. The zero-order valence-corrected chi connectivity index (χ0v) is 8.54. The number of aromatic carboxylic acids is 1. The van der Waals surface area contributed by atoms with Crippen LogP contribution in [0, 0.1) is 0 Å². The van der Waals surface area contributed by atoms with E-state index in [4.69, 9.17) is 20.7 Å². The third-order valence-electron chi connectivity index (χ3n) is 1.93. The standard InChI is InChI=1S/C9H11NO7/c10-1-2-17-8-3(9(15)16)4(11)5(12)6(13)7(8)14/h11-14H,1-2,10H2,(H,15,16). The molecule has 0 atom stereocenters. The van der Waals surface area contributed by atoms with Crippen molar-refractivity contribution in [2.75, 3.05) is 13.2 Å².